The normalized spacial score (nSPS) is 10.8. The van der Waals surface area contributed by atoms with E-state index < -0.39 is 5.97 Å². The molecule has 2 aromatic heterocycles. The maximum Gasteiger partial charge on any atom is 0.354 e. The first-order chi connectivity index (χ1) is 7.13. The molecular formula is C10H11N3O2. The maximum atomic E-state index is 10.8. The highest BCUT2D eigenvalue weighted by atomic mass is 16.4. The standard InChI is InChI=1S/C10H11N3O2/c1-3-13-9-7(5-11-13)6(2)4-8(12-9)10(14)15/h4-5H,3H2,1-2H3,(H,14,15). The molecule has 0 aliphatic carbocycles. The molecule has 15 heavy (non-hydrogen) atoms. The Morgan fingerprint density at radius 3 is 2.93 bits per heavy atom. The van der Waals surface area contributed by atoms with Gasteiger partial charge in [-0.05, 0) is 25.5 Å². The Kier molecular flexibility index (Phi) is 2.15. The van der Waals surface area contributed by atoms with Crippen LogP contribution in [-0.4, -0.2) is 25.8 Å². The Hall–Kier alpha value is -1.91. The fraction of sp³-hybridized carbons (Fsp3) is 0.300. The molecule has 0 fully saturated rings. The van der Waals surface area contributed by atoms with Gasteiger partial charge in [0.1, 0.15) is 0 Å². The summed E-state index contributed by atoms with van der Waals surface area (Å²) in [6, 6.07) is 1.56. The van der Waals surface area contributed by atoms with E-state index in [4.69, 9.17) is 5.11 Å². The number of aryl methyl sites for hydroxylation is 2. The average molecular weight is 205 g/mol. The van der Waals surface area contributed by atoms with Crippen molar-refractivity contribution in [1.29, 1.82) is 0 Å². The Balaban J connectivity index is 2.77. The van der Waals surface area contributed by atoms with Crippen molar-refractivity contribution in [2.75, 3.05) is 0 Å². The number of hydrogen-bond donors (Lipinski definition) is 1. The summed E-state index contributed by atoms with van der Waals surface area (Å²) < 4.78 is 1.69. The van der Waals surface area contributed by atoms with Crippen molar-refractivity contribution in [3.05, 3.63) is 23.5 Å². The summed E-state index contributed by atoms with van der Waals surface area (Å²) in [4.78, 5) is 14.9. The number of aromatic nitrogens is 3. The van der Waals surface area contributed by atoms with Gasteiger partial charge in [0.15, 0.2) is 11.3 Å². The van der Waals surface area contributed by atoms with Crippen LogP contribution in [0.4, 0.5) is 0 Å². The summed E-state index contributed by atoms with van der Waals surface area (Å²) in [6.45, 7) is 4.48. The maximum absolute atomic E-state index is 10.8. The van der Waals surface area contributed by atoms with Crippen LogP contribution in [0.5, 0.6) is 0 Å². The van der Waals surface area contributed by atoms with Gasteiger partial charge in [0.05, 0.1) is 6.20 Å². The van der Waals surface area contributed by atoms with Gasteiger partial charge in [-0.15, -0.1) is 0 Å². The van der Waals surface area contributed by atoms with Gasteiger partial charge in [-0.1, -0.05) is 0 Å². The van der Waals surface area contributed by atoms with Crippen LogP contribution >= 0.6 is 0 Å². The van der Waals surface area contributed by atoms with Crippen molar-refractivity contribution in [1.82, 2.24) is 14.8 Å². The molecule has 0 aliphatic heterocycles. The highest BCUT2D eigenvalue weighted by molar-refractivity contribution is 5.90. The van der Waals surface area contributed by atoms with Crippen molar-refractivity contribution in [2.45, 2.75) is 20.4 Å². The number of pyridine rings is 1. The van der Waals surface area contributed by atoms with Gasteiger partial charge in [0, 0.05) is 11.9 Å². The molecule has 0 amide bonds. The summed E-state index contributed by atoms with van der Waals surface area (Å²) in [5.41, 5.74) is 1.59. The molecule has 0 aromatic carbocycles. The van der Waals surface area contributed by atoms with E-state index in [1.54, 1.807) is 16.9 Å². The second kappa shape index (κ2) is 3.34. The molecule has 2 rings (SSSR count). The third-order valence-electron chi connectivity index (χ3n) is 2.33. The van der Waals surface area contributed by atoms with Gasteiger partial charge in [0.25, 0.3) is 0 Å². The fourth-order valence-electron chi connectivity index (χ4n) is 1.55. The Labute approximate surface area is 86.4 Å². The van der Waals surface area contributed by atoms with Crippen LogP contribution in [0.3, 0.4) is 0 Å². The van der Waals surface area contributed by atoms with E-state index in [1.165, 1.54) is 0 Å². The first kappa shape index (κ1) is 9.64. The summed E-state index contributed by atoms with van der Waals surface area (Å²) in [5, 5.41) is 13.9. The van der Waals surface area contributed by atoms with Crippen molar-refractivity contribution < 1.29 is 9.90 Å². The quantitative estimate of drug-likeness (QED) is 0.805. The van der Waals surface area contributed by atoms with Gasteiger partial charge in [-0.3, -0.25) is 0 Å². The minimum absolute atomic E-state index is 0.0650. The summed E-state index contributed by atoms with van der Waals surface area (Å²) >= 11 is 0. The number of carbonyl (C=O) groups is 1. The van der Waals surface area contributed by atoms with E-state index in [0.29, 0.717) is 12.2 Å². The lowest BCUT2D eigenvalue weighted by atomic mass is 10.2. The third-order valence-corrected chi connectivity index (χ3v) is 2.33. The highest BCUT2D eigenvalue weighted by Gasteiger charge is 2.11. The number of rotatable bonds is 2. The van der Waals surface area contributed by atoms with E-state index in [2.05, 4.69) is 10.1 Å². The van der Waals surface area contributed by atoms with Gasteiger partial charge in [-0.25, -0.2) is 14.5 Å². The van der Waals surface area contributed by atoms with Crippen LogP contribution in [0.1, 0.15) is 23.0 Å². The summed E-state index contributed by atoms with van der Waals surface area (Å²) in [7, 11) is 0. The largest absolute Gasteiger partial charge is 0.477 e. The van der Waals surface area contributed by atoms with Crippen LogP contribution in [0.2, 0.25) is 0 Å². The Morgan fingerprint density at radius 1 is 1.60 bits per heavy atom. The van der Waals surface area contributed by atoms with Gasteiger partial charge in [-0.2, -0.15) is 5.10 Å². The average Bonchev–Trinajstić information content (AvgIpc) is 2.60. The van der Waals surface area contributed by atoms with Crippen LogP contribution in [0, 0.1) is 6.92 Å². The lowest BCUT2D eigenvalue weighted by molar-refractivity contribution is 0.0690. The topological polar surface area (TPSA) is 68.0 Å². The van der Waals surface area contributed by atoms with Crippen molar-refractivity contribution in [3.8, 4) is 0 Å². The van der Waals surface area contributed by atoms with Crippen LogP contribution in [0.15, 0.2) is 12.3 Å². The van der Waals surface area contributed by atoms with E-state index in [0.717, 1.165) is 10.9 Å². The second-order valence-electron chi connectivity index (χ2n) is 3.33. The van der Waals surface area contributed by atoms with Crippen LogP contribution < -0.4 is 0 Å². The smallest absolute Gasteiger partial charge is 0.354 e. The molecule has 2 heterocycles. The predicted octanol–water partition coefficient (Wildman–Crippen LogP) is 1.46. The van der Waals surface area contributed by atoms with E-state index in [9.17, 15) is 4.79 Å². The molecule has 0 saturated carbocycles. The molecule has 0 radical (unpaired) electrons. The summed E-state index contributed by atoms with van der Waals surface area (Å²) in [5.74, 6) is -1.01. The number of aromatic carboxylic acids is 1. The molecule has 0 unspecified atom stereocenters. The first-order valence-electron chi connectivity index (χ1n) is 4.70. The Morgan fingerprint density at radius 2 is 2.33 bits per heavy atom. The molecule has 0 atom stereocenters. The molecule has 0 aliphatic rings. The molecule has 5 heteroatoms. The number of carboxylic acids is 1. The van der Waals surface area contributed by atoms with E-state index >= 15 is 0 Å². The molecule has 0 saturated heterocycles. The molecule has 1 N–H and O–H groups in total. The lowest BCUT2D eigenvalue weighted by Crippen LogP contribution is -2.04. The van der Waals surface area contributed by atoms with Gasteiger partial charge >= 0.3 is 5.97 Å². The number of hydrogen-bond acceptors (Lipinski definition) is 3. The number of fused-ring (bicyclic) bond motifs is 1. The monoisotopic (exact) mass is 205 g/mol. The number of nitrogens with zero attached hydrogens (tertiary/aromatic N) is 3. The molecule has 0 bridgehead atoms. The zero-order chi connectivity index (χ0) is 11.0. The molecular weight excluding hydrogens is 194 g/mol. The summed E-state index contributed by atoms with van der Waals surface area (Å²) in [6.07, 6.45) is 1.72. The van der Waals surface area contributed by atoms with E-state index in [1.807, 2.05) is 13.8 Å². The minimum Gasteiger partial charge on any atom is -0.477 e. The van der Waals surface area contributed by atoms with E-state index in [-0.39, 0.29) is 5.69 Å². The Bertz CT molecular complexity index is 531. The van der Waals surface area contributed by atoms with Gasteiger partial charge < -0.3 is 5.11 Å². The zero-order valence-electron chi connectivity index (χ0n) is 8.56. The molecule has 0 spiro atoms. The fourth-order valence-corrected chi connectivity index (χ4v) is 1.55. The van der Waals surface area contributed by atoms with Crippen molar-refractivity contribution in [2.24, 2.45) is 0 Å². The first-order valence-corrected chi connectivity index (χ1v) is 4.70. The molecule has 5 nitrogen and oxygen atoms in total. The van der Waals surface area contributed by atoms with Crippen molar-refractivity contribution >= 4 is 17.0 Å². The van der Waals surface area contributed by atoms with Gasteiger partial charge in [0.2, 0.25) is 0 Å². The minimum atomic E-state index is -1.01. The van der Waals surface area contributed by atoms with Crippen molar-refractivity contribution in [3.63, 3.8) is 0 Å². The third kappa shape index (κ3) is 1.45. The predicted molar refractivity (Wildman–Crippen MR) is 54.9 cm³/mol. The molecule has 78 valence electrons. The SMILES string of the molecule is CCn1ncc2c(C)cc(C(=O)O)nc21. The van der Waals surface area contributed by atoms with Crippen LogP contribution in [-0.2, 0) is 6.54 Å². The van der Waals surface area contributed by atoms with Crippen LogP contribution in [0.25, 0.3) is 11.0 Å². The number of carboxylic acid groups (broad SMARTS) is 1. The highest BCUT2D eigenvalue weighted by Crippen LogP contribution is 2.17. The second-order valence-corrected chi connectivity index (χ2v) is 3.33. The molecule has 2 aromatic rings. The zero-order valence-corrected chi connectivity index (χ0v) is 8.56. The lowest BCUT2D eigenvalue weighted by Gasteiger charge is -2.01.